The second-order valence-electron chi connectivity index (χ2n) is 10.8. The highest BCUT2D eigenvalue weighted by atomic mass is 19.4. The van der Waals surface area contributed by atoms with Gasteiger partial charge in [0, 0.05) is 31.0 Å². The highest BCUT2D eigenvalue weighted by Crippen LogP contribution is 2.42. The number of aromatic nitrogens is 2. The number of hydrogen-bond donors (Lipinski definition) is 2. The van der Waals surface area contributed by atoms with Crippen molar-refractivity contribution >= 4 is 17.2 Å². The van der Waals surface area contributed by atoms with Gasteiger partial charge in [0.25, 0.3) is 0 Å². The lowest BCUT2D eigenvalue weighted by atomic mass is 9.76. The van der Waals surface area contributed by atoms with Gasteiger partial charge in [0.15, 0.2) is 6.61 Å². The summed E-state index contributed by atoms with van der Waals surface area (Å²) in [6.07, 6.45) is -1.62. The Bertz CT molecular complexity index is 1670. The van der Waals surface area contributed by atoms with Crippen molar-refractivity contribution < 1.29 is 22.6 Å². The molecular formula is C36H32F3N5O2. The molecule has 0 radical (unpaired) electrons. The summed E-state index contributed by atoms with van der Waals surface area (Å²) in [6.45, 7) is 0.820. The molecule has 3 heterocycles. The molecule has 1 saturated heterocycles. The predicted octanol–water partition coefficient (Wildman–Crippen LogP) is 7.07. The van der Waals surface area contributed by atoms with Crippen LogP contribution in [0, 0.1) is 5.41 Å². The van der Waals surface area contributed by atoms with Crippen LogP contribution in [-0.2, 0) is 10.3 Å². The van der Waals surface area contributed by atoms with E-state index in [0.29, 0.717) is 43.4 Å². The van der Waals surface area contributed by atoms with E-state index in [0.717, 1.165) is 16.7 Å². The van der Waals surface area contributed by atoms with Crippen LogP contribution in [0.1, 0.15) is 27.8 Å². The highest BCUT2D eigenvalue weighted by Gasteiger charge is 2.38. The standard InChI is InChI=1S/C36H32F3N5O2/c37-35(38,39)25-46-34-32(33(40)26-16-18-41-31(24-26)44-20-22-45-23-21-44)30(17-19-42-34)43-36(27-10-4-1-5-11-27,28-12-6-2-7-13-28)29-14-8-3-9-15-29/h1-19,24,40H,20-23,25H2,(H,42,43). The maximum Gasteiger partial charge on any atom is 0.422 e. The van der Waals surface area contributed by atoms with Gasteiger partial charge in [0.2, 0.25) is 5.88 Å². The molecule has 0 spiro atoms. The molecule has 6 rings (SSSR count). The molecule has 5 aromatic rings. The third kappa shape index (κ3) is 6.57. The third-order valence-electron chi connectivity index (χ3n) is 7.85. The molecule has 1 fully saturated rings. The molecule has 234 valence electrons. The van der Waals surface area contributed by atoms with Crippen LogP contribution in [-0.4, -0.2) is 54.8 Å². The lowest BCUT2D eigenvalue weighted by Gasteiger charge is -2.38. The van der Waals surface area contributed by atoms with Crippen LogP contribution in [0.25, 0.3) is 0 Å². The molecule has 0 aliphatic carbocycles. The van der Waals surface area contributed by atoms with Gasteiger partial charge >= 0.3 is 6.18 Å². The lowest BCUT2D eigenvalue weighted by Crippen LogP contribution is -2.38. The van der Waals surface area contributed by atoms with E-state index >= 15 is 0 Å². The number of ether oxygens (including phenoxy) is 2. The summed E-state index contributed by atoms with van der Waals surface area (Å²) in [5.74, 6) is 0.342. The molecular weight excluding hydrogens is 591 g/mol. The zero-order chi connectivity index (χ0) is 32.0. The van der Waals surface area contributed by atoms with E-state index in [1.54, 1.807) is 24.4 Å². The van der Waals surface area contributed by atoms with E-state index in [4.69, 9.17) is 9.47 Å². The van der Waals surface area contributed by atoms with Gasteiger partial charge in [-0.15, -0.1) is 0 Å². The van der Waals surface area contributed by atoms with E-state index in [-0.39, 0.29) is 17.2 Å². The van der Waals surface area contributed by atoms with Crippen LogP contribution in [0.15, 0.2) is 122 Å². The number of benzene rings is 3. The van der Waals surface area contributed by atoms with Crippen molar-refractivity contribution in [1.29, 1.82) is 5.41 Å². The fourth-order valence-corrected chi connectivity index (χ4v) is 5.71. The van der Waals surface area contributed by atoms with Gasteiger partial charge < -0.3 is 19.7 Å². The molecule has 2 aromatic heterocycles. The van der Waals surface area contributed by atoms with Crippen molar-refractivity contribution in [3.63, 3.8) is 0 Å². The Hall–Kier alpha value is -5.22. The number of nitrogens with one attached hydrogen (secondary N) is 2. The maximum absolute atomic E-state index is 13.4. The number of nitrogens with zero attached hydrogens (tertiary/aromatic N) is 3. The Morgan fingerprint density at radius 1 is 0.783 bits per heavy atom. The molecule has 0 atom stereocenters. The van der Waals surface area contributed by atoms with Gasteiger partial charge in [0.1, 0.15) is 11.4 Å². The van der Waals surface area contributed by atoms with Gasteiger partial charge in [-0.3, -0.25) is 5.41 Å². The van der Waals surface area contributed by atoms with E-state index < -0.39 is 18.3 Å². The van der Waals surface area contributed by atoms with Crippen LogP contribution < -0.4 is 15.0 Å². The van der Waals surface area contributed by atoms with E-state index in [9.17, 15) is 18.6 Å². The summed E-state index contributed by atoms with van der Waals surface area (Å²) in [6, 6.07) is 34.5. The number of hydrogen-bond acceptors (Lipinski definition) is 7. The fraction of sp³-hybridized carbons (Fsp3) is 0.194. The monoisotopic (exact) mass is 623 g/mol. The summed E-state index contributed by atoms with van der Waals surface area (Å²) < 4.78 is 51.1. The average Bonchev–Trinajstić information content (AvgIpc) is 3.10. The smallest absolute Gasteiger partial charge is 0.422 e. The summed E-state index contributed by atoms with van der Waals surface area (Å²) in [5, 5.41) is 13.1. The number of halogens is 3. The van der Waals surface area contributed by atoms with Crippen LogP contribution in [0.5, 0.6) is 5.88 Å². The normalized spacial score (nSPS) is 13.7. The number of morpholine rings is 1. The molecule has 0 unspecified atom stereocenters. The number of rotatable bonds is 10. The first kappa shape index (κ1) is 30.8. The SMILES string of the molecule is N=C(c1ccnc(N2CCOCC2)c1)c1c(NC(c2ccccc2)(c2ccccc2)c2ccccc2)ccnc1OCC(F)(F)F. The topological polar surface area (TPSA) is 83.4 Å². The maximum atomic E-state index is 13.4. The van der Waals surface area contributed by atoms with Gasteiger partial charge in [0.05, 0.1) is 30.2 Å². The number of anilines is 2. The molecule has 10 heteroatoms. The van der Waals surface area contributed by atoms with E-state index in [1.807, 2.05) is 91.0 Å². The van der Waals surface area contributed by atoms with Crippen LogP contribution in [0.4, 0.5) is 24.7 Å². The van der Waals surface area contributed by atoms with Crippen molar-refractivity contribution in [2.24, 2.45) is 0 Å². The van der Waals surface area contributed by atoms with Crippen molar-refractivity contribution in [2.75, 3.05) is 43.1 Å². The largest absolute Gasteiger partial charge is 0.467 e. The van der Waals surface area contributed by atoms with Crippen molar-refractivity contribution in [2.45, 2.75) is 11.7 Å². The van der Waals surface area contributed by atoms with Crippen molar-refractivity contribution in [1.82, 2.24) is 9.97 Å². The van der Waals surface area contributed by atoms with E-state index in [1.165, 1.54) is 6.20 Å². The Morgan fingerprint density at radius 3 is 1.87 bits per heavy atom. The minimum absolute atomic E-state index is 0.0623. The molecule has 7 nitrogen and oxygen atoms in total. The first-order valence-electron chi connectivity index (χ1n) is 14.9. The second-order valence-corrected chi connectivity index (χ2v) is 10.8. The lowest BCUT2D eigenvalue weighted by molar-refractivity contribution is -0.154. The van der Waals surface area contributed by atoms with Crippen LogP contribution in [0.2, 0.25) is 0 Å². The fourth-order valence-electron chi connectivity index (χ4n) is 5.71. The van der Waals surface area contributed by atoms with Crippen LogP contribution >= 0.6 is 0 Å². The molecule has 1 aliphatic rings. The predicted molar refractivity (Wildman–Crippen MR) is 172 cm³/mol. The van der Waals surface area contributed by atoms with E-state index in [2.05, 4.69) is 20.2 Å². The number of alkyl halides is 3. The first-order valence-corrected chi connectivity index (χ1v) is 14.9. The zero-order valence-electron chi connectivity index (χ0n) is 24.9. The molecule has 0 saturated carbocycles. The summed E-state index contributed by atoms with van der Waals surface area (Å²) >= 11 is 0. The quantitative estimate of drug-likeness (QED) is 0.128. The minimum atomic E-state index is -4.60. The van der Waals surface area contributed by atoms with Crippen molar-refractivity contribution in [3.05, 3.63) is 149 Å². The Balaban J connectivity index is 1.53. The first-order chi connectivity index (χ1) is 22.3. The minimum Gasteiger partial charge on any atom is -0.467 e. The Labute approximate surface area is 265 Å². The Morgan fingerprint density at radius 2 is 1.33 bits per heavy atom. The molecule has 3 aromatic carbocycles. The Kier molecular flexibility index (Phi) is 8.98. The summed E-state index contributed by atoms with van der Waals surface area (Å²) in [4.78, 5) is 10.7. The zero-order valence-corrected chi connectivity index (χ0v) is 24.9. The van der Waals surface area contributed by atoms with Crippen LogP contribution in [0.3, 0.4) is 0 Å². The molecule has 2 N–H and O–H groups in total. The van der Waals surface area contributed by atoms with Gasteiger partial charge in [-0.1, -0.05) is 91.0 Å². The van der Waals surface area contributed by atoms with Crippen molar-refractivity contribution in [3.8, 4) is 5.88 Å². The van der Waals surface area contributed by atoms with Gasteiger partial charge in [-0.05, 0) is 34.9 Å². The molecule has 0 bridgehead atoms. The molecule has 0 amide bonds. The number of pyridine rings is 2. The molecule has 1 aliphatic heterocycles. The second kappa shape index (κ2) is 13.4. The highest BCUT2D eigenvalue weighted by molar-refractivity contribution is 6.15. The molecule has 46 heavy (non-hydrogen) atoms. The summed E-state index contributed by atoms with van der Waals surface area (Å²) in [7, 11) is 0. The van der Waals surface area contributed by atoms with Gasteiger partial charge in [-0.25, -0.2) is 9.97 Å². The average molecular weight is 624 g/mol. The third-order valence-corrected chi connectivity index (χ3v) is 7.85. The summed E-state index contributed by atoms with van der Waals surface area (Å²) in [5.41, 5.74) is 2.51. The van der Waals surface area contributed by atoms with Gasteiger partial charge in [-0.2, -0.15) is 13.2 Å².